The Balaban J connectivity index is 2.86. The van der Waals surface area contributed by atoms with Gasteiger partial charge in [-0.05, 0) is 18.2 Å². The number of hydrogen-bond donors (Lipinski definition) is 2. The second-order valence-electron chi connectivity index (χ2n) is 2.22. The average molecular weight is 222 g/mol. The third-order valence-corrected chi connectivity index (χ3v) is 1.75. The molecule has 0 fully saturated rings. The van der Waals surface area contributed by atoms with Crippen LogP contribution in [0.5, 0.6) is 0 Å². The molecule has 3 N–H and O–H groups in total. The van der Waals surface area contributed by atoms with E-state index in [9.17, 15) is 4.39 Å². The lowest BCUT2D eigenvalue weighted by atomic mass is 10.3. The van der Waals surface area contributed by atoms with E-state index in [0.29, 0.717) is 5.69 Å². The third-order valence-electron chi connectivity index (χ3n) is 1.28. The van der Waals surface area contributed by atoms with Gasteiger partial charge in [0.15, 0.2) is 0 Å². The number of nitrogens with one attached hydrogen (secondary N) is 1. The number of guanidine groups is 1. The molecule has 0 atom stereocenters. The van der Waals surface area contributed by atoms with Gasteiger partial charge in [0.1, 0.15) is 5.82 Å². The van der Waals surface area contributed by atoms with Crippen LogP contribution in [-0.2, 0) is 0 Å². The number of halogens is 3. The summed E-state index contributed by atoms with van der Waals surface area (Å²) in [5.74, 6) is -0.474. The van der Waals surface area contributed by atoms with Gasteiger partial charge >= 0.3 is 0 Å². The van der Waals surface area contributed by atoms with Crippen LogP contribution in [0.1, 0.15) is 0 Å². The minimum absolute atomic E-state index is 0.00683. The number of benzene rings is 1. The number of nitrogens with two attached hydrogens (primary N) is 1. The van der Waals surface area contributed by atoms with E-state index in [1.807, 2.05) is 0 Å². The summed E-state index contributed by atoms with van der Waals surface area (Å²) in [6.07, 6.45) is 0. The summed E-state index contributed by atoms with van der Waals surface area (Å²) in [7, 11) is 0. The van der Waals surface area contributed by atoms with Gasteiger partial charge in [0.05, 0.1) is 5.02 Å². The number of rotatable bonds is 1. The van der Waals surface area contributed by atoms with Crippen LogP contribution in [0.25, 0.3) is 0 Å². The van der Waals surface area contributed by atoms with Crippen molar-refractivity contribution in [1.82, 2.24) is 0 Å². The molecule has 0 aliphatic heterocycles. The molecule has 0 amide bonds. The summed E-state index contributed by atoms with van der Waals surface area (Å²) in [6.45, 7) is 0. The van der Waals surface area contributed by atoms with Gasteiger partial charge in [-0.15, -0.1) is 4.51 Å². The molecule has 0 aliphatic carbocycles. The van der Waals surface area contributed by atoms with E-state index in [0.717, 1.165) is 0 Å². The lowest BCUT2D eigenvalue weighted by molar-refractivity contribution is 0.628. The molecule has 70 valence electrons. The van der Waals surface area contributed by atoms with Crippen molar-refractivity contribution in [2.24, 2.45) is 10.2 Å². The molecule has 0 aliphatic rings. The first-order valence-corrected chi connectivity index (χ1v) is 4.01. The molecule has 1 aromatic carbocycles. The van der Waals surface area contributed by atoms with Gasteiger partial charge in [0, 0.05) is 17.5 Å². The van der Waals surface area contributed by atoms with Crippen molar-refractivity contribution in [3.63, 3.8) is 0 Å². The minimum atomic E-state index is -0.492. The summed E-state index contributed by atoms with van der Waals surface area (Å²) in [4.78, 5) is 0. The second kappa shape index (κ2) is 4.30. The Morgan fingerprint density at radius 3 is 2.77 bits per heavy atom. The Bertz CT molecular complexity index is 341. The summed E-state index contributed by atoms with van der Waals surface area (Å²) in [5.41, 5.74) is 5.78. The van der Waals surface area contributed by atoms with Gasteiger partial charge in [0.25, 0.3) is 0 Å². The fourth-order valence-electron chi connectivity index (χ4n) is 0.743. The zero-order valence-electron chi connectivity index (χ0n) is 6.39. The summed E-state index contributed by atoms with van der Waals surface area (Å²) >= 11 is 10.6. The quantitative estimate of drug-likeness (QED) is 0.566. The minimum Gasteiger partial charge on any atom is -0.369 e. The Labute approximate surface area is 84.5 Å². The fourth-order valence-corrected chi connectivity index (χ4v) is 0.966. The maximum Gasteiger partial charge on any atom is 0.210 e. The average Bonchev–Trinajstić information content (AvgIpc) is 2.11. The molecule has 0 spiro atoms. The van der Waals surface area contributed by atoms with Crippen LogP contribution in [0.4, 0.5) is 10.1 Å². The standard InChI is InChI=1S/C7H6Cl2FN3/c8-5-3-4(1-2-6(5)10)12-7(11)13-9/h1-3H,(H3,11,12,13). The molecule has 0 aromatic heterocycles. The first kappa shape index (κ1) is 10.1. The van der Waals surface area contributed by atoms with Crippen LogP contribution in [0.2, 0.25) is 5.02 Å². The van der Waals surface area contributed by atoms with Gasteiger partial charge in [-0.1, -0.05) is 11.6 Å². The fraction of sp³-hybridized carbons (Fsp3) is 0. The molecule has 0 saturated carbocycles. The summed E-state index contributed by atoms with van der Waals surface area (Å²) < 4.78 is 15.8. The Morgan fingerprint density at radius 1 is 1.54 bits per heavy atom. The Kier molecular flexibility index (Phi) is 3.33. The van der Waals surface area contributed by atoms with E-state index in [2.05, 4.69) is 9.83 Å². The third kappa shape index (κ3) is 2.75. The van der Waals surface area contributed by atoms with Crippen LogP contribution >= 0.6 is 23.4 Å². The van der Waals surface area contributed by atoms with E-state index >= 15 is 0 Å². The lowest BCUT2D eigenvalue weighted by Crippen LogP contribution is -2.21. The van der Waals surface area contributed by atoms with Crippen molar-refractivity contribution >= 4 is 35.0 Å². The van der Waals surface area contributed by atoms with Crippen molar-refractivity contribution in [1.29, 1.82) is 0 Å². The van der Waals surface area contributed by atoms with E-state index in [-0.39, 0.29) is 11.0 Å². The normalized spacial score (nSPS) is 11.5. The molecule has 0 unspecified atom stereocenters. The first-order valence-electron chi connectivity index (χ1n) is 3.30. The Morgan fingerprint density at radius 2 is 2.23 bits per heavy atom. The highest BCUT2D eigenvalue weighted by Crippen LogP contribution is 2.18. The van der Waals surface area contributed by atoms with E-state index in [1.165, 1.54) is 18.2 Å². The maximum absolute atomic E-state index is 12.7. The van der Waals surface area contributed by atoms with Crippen molar-refractivity contribution in [2.45, 2.75) is 0 Å². The largest absolute Gasteiger partial charge is 0.369 e. The highest BCUT2D eigenvalue weighted by atomic mass is 35.5. The SMILES string of the molecule is NC(=NCl)Nc1ccc(F)c(Cl)c1. The van der Waals surface area contributed by atoms with Crippen molar-refractivity contribution < 1.29 is 4.39 Å². The van der Waals surface area contributed by atoms with Crippen molar-refractivity contribution in [3.8, 4) is 0 Å². The highest BCUT2D eigenvalue weighted by molar-refractivity contribution is 6.31. The Hall–Kier alpha value is -1.00. The van der Waals surface area contributed by atoms with Gasteiger partial charge < -0.3 is 11.1 Å². The van der Waals surface area contributed by atoms with Crippen molar-refractivity contribution in [3.05, 3.63) is 29.0 Å². The zero-order valence-corrected chi connectivity index (χ0v) is 7.90. The topological polar surface area (TPSA) is 50.4 Å². The molecule has 3 nitrogen and oxygen atoms in total. The molecule has 0 saturated heterocycles. The highest BCUT2D eigenvalue weighted by Gasteiger charge is 2.00. The molecule has 6 heteroatoms. The van der Waals surface area contributed by atoms with Crippen molar-refractivity contribution in [2.75, 3.05) is 5.32 Å². The number of hydrogen-bond acceptors (Lipinski definition) is 1. The lowest BCUT2D eigenvalue weighted by Gasteiger charge is -2.03. The molecule has 0 bridgehead atoms. The van der Waals surface area contributed by atoms with E-state index in [4.69, 9.17) is 29.1 Å². The van der Waals surface area contributed by atoms with Gasteiger partial charge in [0.2, 0.25) is 5.96 Å². The molecule has 1 aromatic rings. The zero-order chi connectivity index (χ0) is 9.84. The summed E-state index contributed by atoms with van der Waals surface area (Å²) in [5, 5.41) is 2.61. The molecular formula is C7H6Cl2FN3. The van der Waals surface area contributed by atoms with Gasteiger partial charge in [-0.25, -0.2) is 4.39 Å². The molecule has 0 radical (unpaired) electrons. The molecule has 1 rings (SSSR count). The summed E-state index contributed by atoms with van der Waals surface area (Å²) in [6, 6.07) is 4.06. The second-order valence-corrected chi connectivity index (χ2v) is 2.80. The predicted molar refractivity (Wildman–Crippen MR) is 52.5 cm³/mol. The van der Waals surface area contributed by atoms with Gasteiger partial charge in [-0.3, -0.25) is 0 Å². The predicted octanol–water partition coefficient (Wildman–Crippen LogP) is 2.36. The number of anilines is 1. The molecule has 0 heterocycles. The van der Waals surface area contributed by atoms with Crippen LogP contribution in [0, 0.1) is 5.82 Å². The van der Waals surface area contributed by atoms with E-state index < -0.39 is 5.82 Å². The first-order chi connectivity index (χ1) is 6.13. The van der Waals surface area contributed by atoms with Gasteiger partial charge in [-0.2, -0.15) is 0 Å². The maximum atomic E-state index is 12.7. The monoisotopic (exact) mass is 221 g/mol. The molecular weight excluding hydrogens is 216 g/mol. The van der Waals surface area contributed by atoms with Crippen LogP contribution in [-0.4, -0.2) is 5.96 Å². The van der Waals surface area contributed by atoms with Crippen LogP contribution < -0.4 is 11.1 Å². The smallest absolute Gasteiger partial charge is 0.210 e. The van der Waals surface area contributed by atoms with Crippen LogP contribution in [0.15, 0.2) is 22.7 Å². The van der Waals surface area contributed by atoms with E-state index in [1.54, 1.807) is 0 Å². The van der Waals surface area contributed by atoms with Crippen LogP contribution in [0.3, 0.4) is 0 Å². The molecule has 13 heavy (non-hydrogen) atoms. The number of nitrogens with zero attached hydrogens (tertiary/aromatic N) is 1.